The number of aromatic nitrogens is 2. The van der Waals surface area contributed by atoms with Crippen LogP contribution in [-0.2, 0) is 6.54 Å². The minimum absolute atomic E-state index is 0.201. The maximum absolute atomic E-state index is 11.6. The molecule has 0 saturated carbocycles. The predicted octanol–water partition coefficient (Wildman–Crippen LogP) is 2.32. The largest absolute Gasteiger partial charge is 0.336 e. The average Bonchev–Trinajstić information content (AvgIpc) is 2.69. The highest BCUT2D eigenvalue weighted by molar-refractivity contribution is 5.89. The number of hydrogen-bond donors (Lipinski definition) is 2. The highest BCUT2D eigenvalue weighted by Gasteiger charge is 2.03. The van der Waals surface area contributed by atoms with Crippen molar-refractivity contribution in [2.45, 2.75) is 20.4 Å². The molecule has 19 heavy (non-hydrogen) atoms. The first-order valence-corrected chi connectivity index (χ1v) is 6.26. The Morgan fingerprint density at radius 1 is 1.26 bits per heavy atom. The molecule has 0 atom stereocenters. The Bertz CT molecular complexity index is 548. The summed E-state index contributed by atoms with van der Waals surface area (Å²) in [6, 6.07) is 11.2. The molecule has 5 heteroatoms. The van der Waals surface area contributed by atoms with Crippen LogP contribution in [0.2, 0.25) is 0 Å². The van der Waals surface area contributed by atoms with E-state index in [1.165, 1.54) is 0 Å². The van der Waals surface area contributed by atoms with Crippen molar-refractivity contribution in [3.63, 3.8) is 0 Å². The molecule has 1 aromatic heterocycles. The topological polar surface area (TPSA) is 59.0 Å². The third-order valence-electron chi connectivity index (χ3n) is 2.74. The Kier molecular flexibility index (Phi) is 4.18. The number of amides is 2. The molecule has 0 saturated heterocycles. The van der Waals surface area contributed by atoms with Gasteiger partial charge >= 0.3 is 6.03 Å². The number of rotatable bonds is 4. The molecule has 1 aromatic carbocycles. The van der Waals surface area contributed by atoms with Gasteiger partial charge in [0.2, 0.25) is 0 Å². The van der Waals surface area contributed by atoms with Gasteiger partial charge in [-0.25, -0.2) is 4.79 Å². The summed E-state index contributed by atoms with van der Waals surface area (Å²) >= 11 is 0. The lowest BCUT2D eigenvalue weighted by Gasteiger charge is -2.08. The molecule has 2 N–H and O–H groups in total. The minimum atomic E-state index is -0.201. The molecule has 0 bridgehead atoms. The van der Waals surface area contributed by atoms with Crippen LogP contribution in [0.25, 0.3) is 0 Å². The van der Waals surface area contributed by atoms with Crippen LogP contribution >= 0.6 is 0 Å². The smallest absolute Gasteiger partial charge is 0.319 e. The molecule has 0 aliphatic rings. The summed E-state index contributed by atoms with van der Waals surface area (Å²) in [5.41, 5.74) is 2.88. The molecule has 0 radical (unpaired) electrons. The van der Waals surface area contributed by atoms with Gasteiger partial charge in [-0.3, -0.25) is 4.68 Å². The number of hydrogen-bond acceptors (Lipinski definition) is 2. The van der Waals surface area contributed by atoms with Gasteiger partial charge in [0, 0.05) is 17.9 Å². The summed E-state index contributed by atoms with van der Waals surface area (Å²) < 4.78 is 1.89. The van der Waals surface area contributed by atoms with E-state index < -0.39 is 0 Å². The van der Waals surface area contributed by atoms with Crippen molar-refractivity contribution >= 4 is 11.7 Å². The minimum Gasteiger partial charge on any atom is -0.336 e. The molecule has 2 rings (SSSR count). The second-order valence-electron chi connectivity index (χ2n) is 4.40. The monoisotopic (exact) mass is 258 g/mol. The fraction of sp³-hybridized carbons (Fsp3) is 0.286. The number of benzene rings is 1. The van der Waals surface area contributed by atoms with Gasteiger partial charge in [0.05, 0.1) is 12.2 Å². The zero-order valence-corrected chi connectivity index (χ0v) is 11.2. The van der Waals surface area contributed by atoms with Crippen molar-refractivity contribution < 1.29 is 4.79 Å². The van der Waals surface area contributed by atoms with Crippen LogP contribution in [-0.4, -0.2) is 22.4 Å². The number of urea groups is 1. The van der Waals surface area contributed by atoms with Gasteiger partial charge in [0.15, 0.2) is 0 Å². The zero-order valence-electron chi connectivity index (χ0n) is 11.2. The molecule has 0 aliphatic carbocycles. The quantitative estimate of drug-likeness (QED) is 0.884. The first kappa shape index (κ1) is 13.1. The highest BCUT2D eigenvalue weighted by Crippen LogP contribution is 2.04. The van der Waals surface area contributed by atoms with E-state index in [4.69, 9.17) is 0 Å². The molecule has 5 nitrogen and oxygen atoms in total. The number of carbonyl (C=O) groups is 1. The molecule has 0 unspecified atom stereocenters. The Balaban J connectivity index is 1.77. The van der Waals surface area contributed by atoms with Crippen LogP contribution in [0.3, 0.4) is 0 Å². The number of carbonyl (C=O) groups excluding carboxylic acids is 1. The molecule has 0 fully saturated rings. The fourth-order valence-corrected chi connectivity index (χ4v) is 1.87. The molecule has 2 amide bonds. The van der Waals surface area contributed by atoms with Crippen LogP contribution in [0.15, 0.2) is 36.4 Å². The van der Waals surface area contributed by atoms with E-state index >= 15 is 0 Å². The van der Waals surface area contributed by atoms with Crippen LogP contribution < -0.4 is 10.6 Å². The van der Waals surface area contributed by atoms with E-state index in [1.54, 1.807) is 0 Å². The Labute approximate surface area is 112 Å². The Morgan fingerprint density at radius 2 is 2.00 bits per heavy atom. The summed E-state index contributed by atoms with van der Waals surface area (Å²) in [5, 5.41) is 9.91. The summed E-state index contributed by atoms with van der Waals surface area (Å²) in [7, 11) is 0. The molecular weight excluding hydrogens is 240 g/mol. The number of aryl methyl sites for hydroxylation is 2. The van der Waals surface area contributed by atoms with Crippen LogP contribution in [0.5, 0.6) is 0 Å². The van der Waals surface area contributed by atoms with Gasteiger partial charge in [-0.05, 0) is 32.0 Å². The average molecular weight is 258 g/mol. The van der Waals surface area contributed by atoms with Gasteiger partial charge in [0.1, 0.15) is 0 Å². The maximum Gasteiger partial charge on any atom is 0.319 e. The standard InChI is InChI=1S/C14H18N4O/c1-11-10-12(2)18(17-11)9-8-15-14(19)16-13-6-4-3-5-7-13/h3-7,10H,8-9H2,1-2H3,(H2,15,16,19). The Morgan fingerprint density at radius 3 is 2.63 bits per heavy atom. The van der Waals surface area contributed by atoms with Crippen LogP contribution in [0, 0.1) is 13.8 Å². The lowest BCUT2D eigenvalue weighted by atomic mass is 10.3. The number of para-hydroxylation sites is 1. The van der Waals surface area contributed by atoms with Crippen molar-refractivity contribution in [1.29, 1.82) is 0 Å². The number of nitrogens with one attached hydrogen (secondary N) is 2. The molecular formula is C14H18N4O. The van der Waals surface area contributed by atoms with E-state index in [0.717, 1.165) is 17.1 Å². The lowest BCUT2D eigenvalue weighted by molar-refractivity contribution is 0.251. The fourth-order valence-electron chi connectivity index (χ4n) is 1.87. The van der Waals surface area contributed by atoms with Crippen molar-refractivity contribution in [2.75, 3.05) is 11.9 Å². The molecule has 0 aliphatic heterocycles. The van der Waals surface area contributed by atoms with Crippen molar-refractivity contribution in [3.8, 4) is 0 Å². The summed E-state index contributed by atoms with van der Waals surface area (Å²) in [4.78, 5) is 11.6. The second kappa shape index (κ2) is 6.04. The predicted molar refractivity (Wildman–Crippen MR) is 75.2 cm³/mol. The Hall–Kier alpha value is -2.30. The van der Waals surface area contributed by atoms with Crippen LogP contribution in [0.4, 0.5) is 10.5 Å². The zero-order chi connectivity index (χ0) is 13.7. The van der Waals surface area contributed by atoms with E-state index in [2.05, 4.69) is 15.7 Å². The number of anilines is 1. The van der Waals surface area contributed by atoms with E-state index in [9.17, 15) is 4.79 Å². The summed E-state index contributed by atoms with van der Waals surface area (Å²) in [6.07, 6.45) is 0. The van der Waals surface area contributed by atoms with Crippen molar-refractivity contribution in [1.82, 2.24) is 15.1 Å². The molecule has 100 valence electrons. The van der Waals surface area contributed by atoms with Crippen molar-refractivity contribution in [2.24, 2.45) is 0 Å². The second-order valence-corrected chi connectivity index (χ2v) is 4.40. The van der Waals surface area contributed by atoms with E-state index in [-0.39, 0.29) is 6.03 Å². The van der Waals surface area contributed by atoms with Gasteiger partial charge in [-0.2, -0.15) is 5.10 Å². The van der Waals surface area contributed by atoms with E-state index in [1.807, 2.05) is 54.9 Å². The molecule has 2 aromatic rings. The van der Waals surface area contributed by atoms with Crippen LogP contribution in [0.1, 0.15) is 11.4 Å². The third-order valence-corrected chi connectivity index (χ3v) is 2.74. The van der Waals surface area contributed by atoms with E-state index in [0.29, 0.717) is 13.1 Å². The lowest BCUT2D eigenvalue weighted by Crippen LogP contribution is -2.31. The number of nitrogens with zero attached hydrogens (tertiary/aromatic N) is 2. The van der Waals surface area contributed by atoms with Gasteiger partial charge in [-0.1, -0.05) is 18.2 Å². The maximum atomic E-state index is 11.6. The summed E-state index contributed by atoms with van der Waals surface area (Å²) in [6.45, 7) is 5.17. The first-order valence-electron chi connectivity index (χ1n) is 6.26. The third kappa shape index (κ3) is 3.84. The van der Waals surface area contributed by atoms with Gasteiger partial charge in [-0.15, -0.1) is 0 Å². The molecule has 1 heterocycles. The normalized spacial score (nSPS) is 10.2. The summed E-state index contributed by atoms with van der Waals surface area (Å²) in [5.74, 6) is 0. The van der Waals surface area contributed by atoms with Crippen molar-refractivity contribution in [3.05, 3.63) is 47.8 Å². The molecule has 0 spiro atoms. The SMILES string of the molecule is Cc1cc(C)n(CCNC(=O)Nc2ccccc2)n1. The highest BCUT2D eigenvalue weighted by atomic mass is 16.2. The van der Waals surface area contributed by atoms with Gasteiger partial charge < -0.3 is 10.6 Å². The first-order chi connectivity index (χ1) is 9.15. The van der Waals surface area contributed by atoms with Gasteiger partial charge in [0.25, 0.3) is 0 Å².